The van der Waals surface area contributed by atoms with Crippen LogP contribution in [0.3, 0.4) is 0 Å². The Hall–Kier alpha value is -1.36. The second kappa shape index (κ2) is 4.72. The van der Waals surface area contributed by atoms with Crippen LogP contribution in [0.15, 0.2) is 24.3 Å². The second-order valence-electron chi connectivity index (χ2n) is 4.59. The fourth-order valence-corrected chi connectivity index (χ4v) is 2.42. The number of amides is 2. The topological polar surface area (TPSA) is 46.6 Å². The summed E-state index contributed by atoms with van der Waals surface area (Å²) in [7, 11) is 1.44. The molecule has 0 bridgehead atoms. The number of halogens is 1. The molecule has 1 aromatic carbocycles. The maximum absolute atomic E-state index is 12.0. The van der Waals surface area contributed by atoms with Gasteiger partial charge in [0.2, 0.25) is 0 Å². The smallest absolute Gasteiger partial charge is 0.417 e. The maximum atomic E-state index is 12.0. The first-order valence-corrected chi connectivity index (χ1v) is 6.73. The monoisotopic (exact) mass is 311 g/mol. The van der Waals surface area contributed by atoms with E-state index < -0.39 is 11.7 Å². The summed E-state index contributed by atoms with van der Waals surface area (Å²) >= 11 is 3.39. The summed E-state index contributed by atoms with van der Waals surface area (Å²) in [5, 5.41) is 0.755. The molecule has 18 heavy (non-hydrogen) atoms. The summed E-state index contributed by atoms with van der Waals surface area (Å²) in [6.07, 6.45) is -0.193. The molecule has 1 aliphatic heterocycles. The number of likely N-dealkylation sites (N-methyl/N-ethyl adjacent to an activating group) is 1. The van der Waals surface area contributed by atoms with E-state index in [4.69, 9.17) is 4.74 Å². The third-order valence-corrected chi connectivity index (χ3v) is 3.68. The van der Waals surface area contributed by atoms with E-state index in [1.165, 1.54) is 7.05 Å². The number of hydrogen-bond donors (Lipinski definition) is 0. The first kappa shape index (κ1) is 13.1. The lowest BCUT2D eigenvalue weighted by Crippen LogP contribution is -2.38. The van der Waals surface area contributed by atoms with Gasteiger partial charge in [0.1, 0.15) is 0 Å². The molecule has 96 valence electrons. The summed E-state index contributed by atoms with van der Waals surface area (Å²) < 4.78 is 5.18. The van der Waals surface area contributed by atoms with Gasteiger partial charge in [-0.3, -0.25) is 4.79 Å². The van der Waals surface area contributed by atoms with E-state index in [2.05, 4.69) is 15.9 Å². The van der Waals surface area contributed by atoms with Gasteiger partial charge in [-0.1, -0.05) is 40.2 Å². The Kier molecular flexibility index (Phi) is 3.43. The van der Waals surface area contributed by atoms with Crippen LogP contribution in [0.4, 0.5) is 4.79 Å². The molecule has 2 rings (SSSR count). The van der Waals surface area contributed by atoms with Gasteiger partial charge in [0.05, 0.1) is 0 Å². The molecule has 5 heteroatoms. The van der Waals surface area contributed by atoms with E-state index >= 15 is 0 Å². The number of imide groups is 1. The first-order valence-electron chi connectivity index (χ1n) is 5.61. The predicted octanol–water partition coefficient (Wildman–Crippen LogP) is 2.49. The van der Waals surface area contributed by atoms with Crippen molar-refractivity contribution in [2.24, 2.45) is 0 Å². The number of nitrogens with zero attached hydrogens (tertiary/aromatic N) is 1. The number of hydrogen-bond acceptors (Lipinski definition) is 3. The molecule has 1 saturated heterocycles. The summed E-state index contributed by atoms with van der Waals surface area (Å²) in [5.74, 6) is -0.295. The van der Waals surface area contributed by atoms with Crippen LogP contribution in [0.25, 0.3) is 0 Å². The molecule has 0 aliphatic carbocycles. The van der Waals surface area contributed by atoms with Gasteiger partial charge in [-0.2, -0.15) is 0 Å². The molecule has 0 aromatic heterocycles. The van der Waals surface area contributed by atoms with Gasteiger partial charge >= 0.3 is 6.09 Å². The van der Waals surface area contributed by atoms with Crippen molar-refractivity contribution in [2.75, 3.05) is 7.05 Å². The second-order valence-corrected chi connectivity index (χ2v) is 5.15. The van der Waals surface area contributed by atoms with E-state index in [9.17, 15) is 9.59 Å². The Balaban J connectivity index is 2.23. The number of alkyl halides is 1. The standard InChI is InChI=1S/C13H14BrNO3/c1-13(11(16)15(2)12(17)18-13)7-9-4-3-5-10(6-9)8-14/h3-6H,7-8H2,1-2H3/t13-/m1/s1. The van der Waals surface area contributed by atoms with E-state index in [-0.39, 0.29) is 5.91 Å². The van der Waals surface area contributed by atoms with Crippen molar-refractivity contribution >= 4 is 27.9 Å². The number of rotatable bonds is 3. The van der Waals surface area contributed by atoms with Crippen LogP contribution in [-0.4, -0.2) is 29.5 Å². The quantitative estimate of drug-likeness (QED) is 0.806. The zero-order valence-electron chi connectivity index (χ0n) is 10.3. The van der Waals surface area contributed by atoms with Gasteiger partial charge in [-0.15, -0.1) is 0 Å². The van der Waals surface area contributed by atoms with Gasteiger partial charge in [0, 0.05) is 18.8 Å². The van der Waals surface area contributed by atoms with Crippen LogP contribution in [0.1, 0.15) is 18.1 Å². The van der Waals surface area contributed by atoms with E-state index in [0.29, 0.717) is 6.42 Å². The van der Waals surface area contributed by atoms with Crippen LogP contribution >= 0.6 is 15.9 Å². The summed E-state index contributed by atoms with van der Waals surface area (Å²) in [4.78, 5) is 24.4. The summed E-state index contributed by atoms with van der Waals surface area (Å²) in [6, 6.07) is 7.85. The van der Waals surface area contributed by atoms with Crippen LogP contribution < -0.4 is 0 Å². The molecule has 0 saturated carbocycles. The molecule has 1 fully saturated rings. The Morgan fingerprint density at radius 3 is 2.56 bits per heavy atom. The van der Waals surface area contributed by atoms with Crippen LogP contribution in [0, 0.1) is 0 Å². The van der Waals surface area contributed by atoms with Gasteiger partial charge < -0.3 is 4.74 Å². The van der Waals surface area contributed by atoms with Gasteiger partial charge in [-0.25, -0.2) is 9.69 Å². The largest absolute Gasteiger partial charge is 0.432 e. The average molecular weight is 312 g/mol. The molecule has 2 amide bonds. The molecular weight excluding hydrogens is 298 g/mol. The fraction of sp³-hybridized carbons (Fsp3) is 0.385. The van der Waals surface area contributed by atoms with Crippen molar-refractivity contribution in [2.45, 2.75) is 24.3 Å². The highest BCUT2D eigenvalue weighted by Crippen LogP contribution is 2.27. The van der Waals surface area contributed by atoms with Crippen LogP contribution in [0.5, 0.6) is 0 Å². The van der Waals surface area contributed by atoms with Crippen molar-refractivity contribution in [3.05, 3.63) is 35.4 Å². The maximum Gasteiger partial charge on any atom is 0.417 e. The number of carbonyl (C=O) groups is 2. The minimum atomic E-state index is -1.09. The van der Waals surface area contributed by atoms with Gasteiger partial charge in [0.25, 0.3) is 5.91 Å². The molecule has 1 atom stereocenters. The van der Waals surface area contributed by atoms with Crippen molar-refractivity contribution in [3.63, 3.8) is 0 Å². The van der Waals surface area contributed by atoms with Crippen molar-refractivity contribution in [1.82, 2.24) is 4.90 Å². The molecule has 1 heterocycles. The zero-order chi connectivity index (χ0) is 13.3. The lowest BCUT2D eigenvalue weighted by Gasteiger charge is -2.19. The molecule has 0 N–H and O–H groups in total. The molecule has 0 radical (unpaired) electrons. The van der Waals surface area contributed by atoms with Gasteiger partial charge in [0.15, 0.2) is 5.60 Å². The normalized spacial score (nSPS) is 23.4. The molecule has 0 unspecified atom stereocenters. The molecule has 1 aliphatic rings. The SMILES string of the molecule is CN1C(=O)O[C@](C)(Cc2cccc(CBr)c2)C1=O. The Labute approximate surface area is 114 Å². The number of ether oxygens (including phenoxy) is 1. The Bertz CT molecular complexity index is 503. The van der Waals surface area contributed by atoms with Crippen LogP contribution in [0.2, 0.25) is 0 Å². The third kappa shape index (κ3) is 2.27. The highest BCUT2D eigenvalue weighted by molar-refractivity contribution is 9.08. The predicted molar refractivity (Wildman–Crippen MR) is 70.4 cm³/mol. The summed E-state index contributed by atoms with van der Waals surface area (Å²) in [5.41, 5.74) is 1.02. The number of benzene rings is 1. The Morgan fingerprint density at radius 2 is 2.00 bits per heavy atom. The molecule has 4 nitrogen and oxygen atoms in total. The Morgan fingerprint density at radius 1 is 1.33 bits per heavy atom. The first-order chi connectivity index (χ1) is 8.46. The van der Waals surface area contributed by atoms with E-state index in [0.717, 1.165) is 21.4 Å². The molecule has 1 aromatic rings. The lowest BCUT2D eigenvalue weighted by atomic mass is 9.95. The minimum Gasteiger partial charge on any atom is -0.432 e. The van der Waals surface area contributed by atoms with Gasteiger partial charge in [-0.05, 0) is 18.1 Å². The zero-order valence-corrected chi connectivity index (χ0v) is 11.9. The van der Waals surface area contributed by atoms with E-state index in [1.807, 2.05) is 24.3 Å². The lowest BCUT2D eigenvalue weighted by molar-refractivity contribution is -0.134. The van der Waals surface area contributed by atoms with E-state index in [1.54, 1.807) is 6.92 Å². The van der Waals surface area contributed by atoms with Crippen molar-refractivity contribution < 1.29 is 14.3 Å². The number of carbonyl (C=O) groups excluding carboxylic acids is 2. The molecular formula is C13H14BrNO3. The highest BCUT2D eigenvalue weighted by Gasteiger charge is 2.48. The van der Waals surface area contributed by atoms with Crippen molar-refractivity contribution in [1.29, 1.82) is 0 Å². The minimum absolute atomic E-state index is 0.295. The van der Waals surface area contributed by atoms with Crippen molar-refractivity contribution in [3.8, 4) is 0 Å². The molecule has 0 spiro atoms. The summed E-state index contributed by atoms with van der Waals surface area (Å²) in [6.45, 7) is 1.65. The average Bonchev–Trinajstić information content (AvgIpc) is 2.53. The fourth-order valence-electron chi connectivity index (χ4n) is 2.07. The van der Waals surface area contributed by atoms with Crippen LogP contribution in [-0.2, 0) is 21.3 Å². The highest BCUT2D eigenvalue weighted by atomic mass is 79.9. The number of cyclic esters (lactones) is 1. The third-order valence-electron chi connectivity index (χ3n) is 3.03.